The molecule has 1 aromatic rings. The molecule has 4 N–H and O–H groups in total. The molecule has 2 atom stereocenters. The van der Waals surface area contributed by atoms with Crippen LogP contribution in [-0.4, -0.2) is 37.3 Å². The van der Waals surface area contributed by atoms with Crippen LogP contribution in [0.4, 0.5) is 0 Å². The lowest BCUT2D eigenvalue weighted by Gasteiger charge is -2.14. The first-order valence-electron chi connectivity index (χ1n) is 5.40. The molecule has 1 rings (SSSR count). The molecule has 0 aliphatic rings. The van der Waals surface area contributed by atoms with Crippen molar-refractivity contribution in [2.24, 2.45) is 5.73 Å². The predicted octanol–water partition coefficient (Wildman–Crippen LogP) is 0.232. The van der Waals surface area contributed by atoms with Gasteiger partial charge in [0.1, 0.15) is 6.04 Å². The van der Waals surface area contributed by atoms with E-state index in [1.54, 1.807) is 12.1 Å². The molecule has 0 heterocycles. The lowest BCUT2D eigenvalue weighted by molar-refractivity contribution is -0.123. The van der Waals surface area contributed by atoms with Gasteiger partial charge in [-0.25, -0.2) is 0 Å². The molecule has 5 nitrogen and oxygen atoms in total. The molecule has 18 heavy (non-hydrogen) atoms. The summed E-state index contributed by atoms with van der Waals surface area (Å²) in [7, 11) is 1.48. The van der Waals surface area contributed by atoms with Crippen molar-refractivity contribution >= 4 is 18.3 Å². The van der Waals surface area contributed by atoms with Gasteiger partial charge in [0.15, 0.2) is 0 Å². The Hall–Kier alpha value is -1.14. The minimum Gasteiger partial charge on any atom is -0.387 e. The molecule has 0 aliphatic carbocycles. The van der Waals surface area contributed by atoms with Gasteiger partial charge in [-0.05, 0) is 5.56 Å². The van der Waals surface area contributed by atoms with Gasteiger partial charge in [-0.2, -0.15) is 0 Å². The van der Waals surface area contributed by atoms with Crippen LogP contribution in [0.2, 0.25) is 0 Å². The minimum absolute atomic E-state index is 0. The maximum Gasteiger partial charge on any atom is 0.239 e. The van der Waals surface area contributed by atoms with E-state index < -0.39 is 12.1 Å². The number of benzene rings is 1. The van der Waals surface area contributed by atoms with Crippen LogP contribution in [0, 0.1) is 0 Å². The van der Waals surface area contributed by atoms with Crippen LogP contribution in [0.3, 0.4) is 0 Å². The molecule has 0 saturated carbocycles. The SMILES string of the molecule is COCC(N)C(=O)NCC(O)c1ccccc1.Cl. The average molecular weight is 275 g/mol. The molecule has 0 radical (unpaired) electrons. The third kappa shape index (κ3) is 5.46. The number of ether oxygens (including phenoxy) is 1. The van der Waals surface area contributed by atoms with E-state index in [0.29, 0.717) is 0 Å². The Morgan fingerprint density at radius 1 is 1.44 bits per heavy atom. The third-order valence-electron chi connectivity index (χ3n) is 2.34. The summed E-state index contributed by atoms with van der Waals surface area (Å²) in [6.45, 7) is 0.299. The Balaban J connectivity index is 0.00000289. The monoisotopic (exact) mass is 274 g/mol. The molecule has 0 bridgehead atoms. The van der Waals surface area contributed by atoms with Gasteiger partial charge in [-0.15, -0.1) is 12.4 Å². The molecule has 2 unspecified atom stereocenters. The Morgan fingerprint density at radius 3 is 2.61 bits per heavy atom. The van der Waals surface area contributed by atoms with Gasteiger partial charge in [-0.1, -0.05) is 30.3 Å². The second-order valence-electron chi connectivity index (χ2n) is 3.73. The number of aliphatic hydroxyl groups excluding tert-OH is 1. The van der Waals surface area contributed by atoms with Crippen LogP contribution in [0.15, 0.2) is 30.3 Å². The first-order valence-corrected chi connectivity index (χ1v) is 5.40. The fraction of sp³-hybridized carbons (Fsp3) is 0.417. The molecule has 0 saturated heterocycles. The summed E-state index contributed by atoms with van der Waals surface area (Å²) < 4.78 is 4.77. The number of nitrogens with one attached hydrogen (secondary N) is 1. The van der Waals surface area contributed by atoms with Crippen molar-refractivity contribution < 1.29 is 14.6 Å². The molecule has 102 valence electrons. The lowest BCUT2D eigenvalue weighted by atomic mass is 10.1. The number of hydrogen-bond donors (Lipinski definition) is 3. The van der Waals surface area contributed by atoms with E-state index in [-0.39, 0.29) is 31.5 Å². The maximum absolute atomic E-state index is 11.4. The van der Waals surface area contributed by atoms with Gasteiger partial charge >= 0.3 is 0 Å². The summed E-state index contributed by atoms with van der Waals surface area (Å²) in [5.41, 5.74) is 6.29. The van der Waals surface area contributed by atoms with Crippen molar-refractivity contribution in [1.29, 1.82) is 0 Å². The number of halogens is 1. The summed E-state index contributed by atoms with van der Waals surface area (Å²) in [5.74, 6) is -0.332. The fourth-order valence-electron chi connectivity index (χ4n) is 1.38. The zero-order chi connectivity index (χ0) is 12.7. The van der Waals surface area contributed by atoms with Gasteiger partial charge < -0.3 is 20.9 Å². The number of carbonyl (C=O) groups excluding carboxylic acids is 1. The first kappa shape index (κ1) is 16.9. The Kier molecular flexibility index (Phi) is 8.32. The van der Waals surface area contributed by atoms with Gasteiger partial charge in [0, 0.05) is 13.7 Å². The maximum atomic E-state index is 11.4. The van der Waals surface area contributed by atoms with Crippen molar-refractivity contribution in [2.75, 3.05) is 20.3 Å². The number of aliphatic hydroxyl groups is 1. The first-order chi connectivity index (χ1) is 8.15. The number of amides is 1. The van der Waals surface area contributed by atoms with Crippen LogP contribution >= 0.6 is 12.4 Å². The average Bonchev–Trinajstić information content (AvgIpc) is 2.36. The van der Waals surface area contributed by atoms with E-state index in [0.717, 1.165) is 5.56 Å². The molecular formula is C12H19ClN2O3. The van der Waals surface area contributed by atoms with E-state index in [9.17, 15) is 9.90 Å². The topological polar surface area (TPSA) is 84.6 Å². The molecular weight excluding hydrogens is 256 g/mol. The third-order valence-corrected chi connectivity index (χ3v) is 2.34. The van der Waals surface area contributed by atoms with E-state index in [1.807, 2.05) is 18.2 Å². The highest BCUT2D eigenvalue weighted by Gasteiger charge is 2.14. The molecule has 0 fully saturated rings. The van der Waals surface area contributed by atoms with Gasteiger partial charge in [0.05, 0.1) is 12.7 Å². The highest BCUT2D eigenvalue weighted by atomic mass is 35.5. The second-order valence-corrected chi connectivity index (χ2v) is 3.73. The molecule has 0 aliphatic heterocycles. The van der Waals surface area contributed by atoms with Crippen LogP contribution in [0.5, 0.6) is 0 Å². The number of rotatable bonds is 6. The highest BCUT2D eigenvalue weighted by molar-refractivity contribution is 5.85. The van der Waals surface area contributed by atoms with Gasteiger partial charge in [-0.3, -0.25) is 4.79 Å². The van der Waals surface area contributed by atoms with E-state index in [1.165, 1.54) is 7.11 Å². The van der Waals surface area contributed by atoms with Crippen molar-refractivity contribution in [1.82, 2.24) is 5.32 Å². The number of methoxy groups -OCH3 is 1. The number of nitrogens with two attached hydrogens (primary N) is 1. The number of carbonyl (C=O) groups is 1. The van der Waals surface area contributed by atoms with Crippen molar-refractivity contribution in [3.8, 4) is 0 Å². The lowest BCUT2D eigenvalue weighted by Crippen LogP contribution is -2.44. The van der Waals surface area contributed by atoms with Gasteiger partial charge in [0.2, 0.25) is 5.91 Å². The van der Waals surface area contributed by atoms with Crippen LogP contribution in [0.25, 0.3) is 0 Å². The Morgan fingerprint density at radius 2 is 2.06 bits per heavy atom. The standard InChI is InChI=1S/C12H18N2O3.ClH/c1-17-8-10(13)12(16)14-7-11(15)9-5-3-2-4-6-9;/h2-6,10-11,15H,7-8,13H2,1H3,(H,14,16);1H. The summed E-state index contributed by atoms with van der Waals surface area (Å²) in [4.78, 5) is 11.4. The Bertz CT molecular complexity index is 348. The van der Waals surface area contributed by atoms with Crippen molar-refractivity contribution in [2.45, 2.75) is 12.1 Å². The predicted molar refractivity (Wildman–Crippen MR) is 71.5 cm³/mol. The normalized spacial score (nSPS) is 13.3. The van der Waals surface area contributed by atoms with Crippen LogP contribution in [0.1, 0.15) is 11.7 Å². The largest absolute Gasteiger partial charge is 0.387 e. The summed E-state index contributed by atoms with van der Waals surface area (Å²) >= 11 is 0. The Labute approximate surface area is 113 Å². The molecule has 1 amide bonds. The highest BCUT2D eigenvalue weighted by Crippen LogP contribution is 2.10. The molecule has 0 aromatic heterocycles. The van der Waals surface area contributed by atoms with Crippen molar-refractivity contribution in [3.05, 3.63) is 35.9 Å². The molecule has 1 aromatic carbocycles. The number of hydrogen-bond acceptors (Lipinski definition) is 4. The zero-order valence-corrected chi connectivity index (χ0v) is 11.0. The van der Waals surface area contributed by atoms with Crippen molar-refractivity contribution in [3.63, 3.8) is 0 Å². The summed E-state index contributed by atoms with van der Waals surface area (Å²) in [5, 5.41) is 12.4. The van der Waals surface area contributed by atoms with Crippen LogP contribution in [-0.2, 0) is 9.53 Å². The fourth-order valence-corrected chi connectivity index (χ4v) is 1.38. The van der Waals surface area contributed by atoms with E-state index in [2.05, 4.69) is 5.32 Å². The minimum atomic E-state index is -0.727. The van der Waals surface area contributed by atoms with E-state index >= 15 is 0 Å². The molecule has 0 spiro atoms. The van der Waals surface area contributed by atoms with E-state index in [4.69, 9.17) is 10.5 Å². The summed E-state index contributed by atoms with van der Waals surface area (Å²) in [6, 6.07) is 8.41. The zero-order valence-electron chi connectivity index (χ0n) is 10.2. The summed E-state index contributed by atoms with van der Waals surface area (Å²) in [6.07, 6.45) is -0.727. The van der Waals surface area contributed by atoms with Gasteiger partial charge in [0.25, 0.3) is 0 Å². The quantitative estimate of drug-likeness (QED) is 0.693. The molecule has 6 heteroatoms. The second kappa shape index (κ2) is 8.88. The smallest absolute Gasteiger partial charge is 0.239 e. The van der Waals surface area contributed by atoms with Crippen LogP contribution < -0.4 is 11.1 Å².